The second-order valence-corrected chi connectivity index (χ2v) is 3.19. The maximum atomic E-state index is 11.1. The highest BCUT2D eigenvalue weighted by Gasteiger charge is 2.06. The third-order valence-electron chi connectivity index (χ3n) is 1.97. The fourth-order valence-corrected chi connectivity index (χ4v) is 1.16. The van der Waals surface area contributed by atoms with E-state index in [1.165, 1.54) is 0 Å². The Labute approximate surface area is 94.4 Å². The number of esters is 1. The lowest BCUT2D eigenvalue weighted by Gasteiger charge is -2.08. The van der Waals surface area contributed by atoms with Crippen molar-refractivity contribution in [1.82, 2.24) is 0 Å². The van der Waals surface area contributed by atoms with Crippen LogP contribution < -0.4 is 4.74 Å². The second kappa shape index (κ2) is 5.76. The van der Waals surface area contributed by atoms with E-state index in [4.69, 9.17) is 14.7 Å². The van der Waals surface area contributed by atoms with E-state index in [-0.39, 0.29) is 6.61 Å². The molecule has 84 valence electrons. The van der Waals surface area contributed by atoms with Gasteiger partial charge in [0.15, 0.2) is 6.61 Å². The van der Waals surface area contributed by atoms with Gasteiger partial charge >= 0.3 is 5.97 Å². The molecule has 0 N–H and O–H groups in total. The van der Waals surface area contributed by atoms with Gasteiger partial charge in [-0.2, -0.15) is 5.26 Å². The zero-order chi connectivity index (χ0) is 12.0. The minimum atomic E-state index is -0.413. The minimum Gasteiger partial charge on any atom is -0.482 e. The maximum absolute atomic E-state index is 11.1. The zero-order valence-electron chi connectivity index (χ0n) is 9.32. The number of rotatable bonds is 4. The largest absolute Gasteiger partial charge is 0.482 e. The van der Waals surface area contributed by atoms with Gasteiger partial charge in [0.1, 0.15) is 5.75 Å². The highest BCUT2D eigenvalue weighted by atomic mass is 16.6. The van der Waals surface area contributed by atoms with Crippen LogP contribution in [0.4, 0.5) is 0 Å². The number of hydrogen-bond acceptors (Lipinski definition) is 4. The van der Waals surface area contributed by atoms with Crippen molar-refractivity contribution in [3.8, 4) is 11.8 Å². The molecule has 0 aliphatic carbocycles. The summed E-state index contributed by atoms with van der Waals surface area (Å²) in [6.45, 7) is 3.78. The Balaban J connectivity index is 2.66. The summed E-state index contributed by atoms with van der Waals surface area (Å²) in [6.07, 6.45) is 0. The van der Waals surface area contributed by atoms with Gasteiger partial charge in [0.05, 0.1) is 18.2 Å². The molecule has 0 bridgehead atoms. The first-order chi connectivity index (χ1) is 7.67. The summed E-state index contributed by atoms with van der Waals surface area (Å²) < 4.78 is 10.00. The quantitative estimate of drug-likeness (QED) is 0.724. The first kappa shape index (κ1) is 12.1. The lowest BCUT2D eigenvalue weighted by molar-refractivity contribution is -0.145. The molecule has 0 spiro atoms. The fourth-order valence-electron chi connectivity index (χ4n) is 1.16. The van der Waals surface area contributed by atoms with Crippen molar-refractivity contribution in [2.75, 3.05) is 13.2 Å². The number of hydrogen-bond donors (Lipinski definition) is 0. The summed E-state index contributed by atoms with van der Waals surface area (Å²) in [5, 5.41) is 8.72. The van der Waals surface area contributed by atoms with Crippen molar-refractivity contribution in [3.05, 3.63) is 29.3 Å². The van der Waals surface area contributed by atoms with E-state index in [9.17, 15) is 4.79 Å². The van der Waals surface area contributed by atoms with E-state index >= 15 is 0 Å². The normalized spacial score (nSPS) is 9.31. The van der Waals surface area contributed by atoms with Crippen LogP contribution in [0.2, 0.25) is 0 Å². The average Bonchev–Trinajstić information content (AvgIpc) is 2.28. The van der Waals surface area contributed by atoms with Gasteiger partial charge in [-0.25, -0.2) is 4.79 Å². The van der Waals surface area contributed by atoms with Crippen LogP contribution in [0.25, 0.3) is 0 Å². The molecule has 0 aliphatic rings. The second-order valence-electron chi connectivity index (χ2n) is 3.19. The zero-order valence-corrected chi connectivity index (χ0v) is 9.32. The van der Waals surface area contributed by atoms with Crippen LogP contribution in [0.15, 0.2) is 18.2 Å². The van der Waals surface area contributed by atoms with Crippen LogP contribution in [-0.2, 0) is 9.53 Å². The molecule has 0 fully saturated rings. The molecule has 0 aromatic heterocycles. The first-order valence-corrected chi connectivity index (χ1v) is 4.96. The van der Waals surface area contributed by atoms with Crippen molar-refractivity contribution < 1.29 is 14.3 Å². The summed E-state index contributed by atoms with van der Waals surface area (Å²) in [5.74, 6) is 0.122. The average molecular weight is 219 g/mol. The number of aryl methyl sites for hydroxylation is 1. The van der Waals surface area contributed by atoms with Gasteiger partial charge in [-0.15, -0.1) is 0 Å². The number of carbonyl (C=O) groups is 1. The van der Waals surface area contributed by atoms with Gasteiger partial charge in [-0.3, -0.25) is 0 Å². The molecule has 0 heterocycles. The first-order valence-electron chi connectivity index (χ1n) is 4.96. The lowest BCUT2D eigenvalue weighted by atomic mass is 10.1. The number of benzene rings is 1. The Morgan fingerprint density at radius 2 is 2.25 bits per heavy atom. The van der Waals surface area contributed by atoms with E-state index in [2.05, 4.69) is 0 Å². The lowest BCUT2D eigenvalue weighted by Crippen LogP contribution is -2.15. The maximum Gasteiger partial charge on any atom is 0.344 e. The number of carbonyl (C=O) groups excluding carboxylic acids is 1. The molecule has 0 aliphatic heterocycles. The topological polar surface area (TPSA) is 59.3 Å². The third kappa shape index (κ3) is 3.28. The van der Waals surface area contributed by atoms with E-state index < -0.39 is 5.97 Å². The van der Waals surface area contributed by atoms with Gasteiger partial charge in [0.25, 0.3) is 0 Å². The molecule has 16 heavy (non-hydrogen) atoms. The smallest absolute Gasteiger partial charge is 0.344 e. The number of nitrogens with zero attached hydrogens (tertiary/aromatic N) is 1. The molecule has 4 nitrogen and oxygen atoms in total. The van der Waals surface area contributed by atoms with Crippen LogP contribution in [-0.4, -0.2) is 19.2 Å². The Morgan fingerprint density at radius 1 is 1.50 bits per heavy atom. The number of nitriles is 1. The van der Waals surface area contributed by atoms with Crippen LogP contribution in [0.1, 0.15) is 18.1 Å². The molecule has 0 atom stereocenters. The van der Waals surface area contributed by atoms with Gasteiger partial charge in [0, 0.05) is 0 Å². The molecule has 4 heteroatoms. The molecule has 0 saturated heterocycles. The van der Waals surface area contributed by atoms with Gasteiger partial charge in [0.2, 0.25) is 0 Å². The SMILES string of the molecule is CCOC(=O)COc1cc(C#N)ccc1C. The molecule has 0 radical (unpaired) electrons. The summed E-state index contributed by atoms with van der Waals surface area (Å²) in [7, 11) is 0. The Bertz CT molecular complexity index is 421. The fraction of sp³-hybridized carbons (Fsp3) is 0.333. The molecular weight excluding hydrogens is 206 g/mol. The van der Waals surface area contributed by atoms with Gasteiger partial charge < -0.3 is 9.47 Å². The molecule has 1 aromatic rings. The predicted octanol–water partition coefficient (Wildman–Crippen LogP) is 1.81. The molecule has 0 unspecified atom stereocenters. The minimum absolute atomic E-state index is 0.135. The van der Waals surface area contributed by atoms with E-state index in [1.807, 2.05) is 13.0 Å². The molecule has 1 rings (SSSR count). The Kier molecular flexibility index (Phi) is 4.34. The summed E-state index contributed by atoms with van der Waals surface area (Å²) >= 11 is 0. The predicted molar refractivity (Wildman–Crippen MR) is 58.0 cm³/mol. The summed E-state index contributed by atoms with van der Waals surface area (Å²) in [5.41, 5.74) is 1.38. The van der Waals surface area contributed by atoms with Crippen LogP contribution in [0.3, 0.4) is 0 Å². The van der Waals surface area contributed by atoms with Crippen molar-refractivity contribution in [3.63, 3.8) is 0 Å². The van der Waals surface area contributed by atoms with E-state index in [0.717, 1.165) is 5.56 Å². The van der Waals surface area contributed by atoms with Crippen molar-refractivity contribution in [1.29, 1.82) is 5.26 Å². The standard InChI is InChI=1S/C12H13NO3/c1-3-15-12(14)8-16-11-6-10(7-13)5-4-9(11)2/h4-6H,3,8H2,1-2H3. The highest BCUT2D eigenvalue weighted by molar-refractivity contribution is 5.71. The van der Waals surface area contributed by atoms with Crippen LogP contribution in [0.5, 0.6) is 5.75 Å². The Morgan fingerprint density at radius 3 is 2.88 bits per heavy atom. The van der Waals surface area contributed by atoms with Crippen molar-refractivity contribution >= 4 is 5.97 Å². The van der Waals surface area contributed by atoms with Crippen molar-refractivity contribution in [2.24, 2.45) is 0 Å². The van der Waals surface area contributed by atoms with Crippen LogP contribution >= 0.6 is 0 Å². The number of ether oxygens (including phenoxy) is 2. The summed E-state index contributed by atoms with van der Waals surface area (Å²) in [4.78, 5) is 11.1. The third-order valence-corrected chi connectivity index (χ3v) is 1.97. The molecule has 0 saturated carbocycles. The van der Waals surface area contributed by atoms with E-state index in [1.54, 1.807) is 25.1 Å². The van der Waals surface area contributed by atoms with Gasteiger partial charge in [-0.05, 0) is 31.5 Å². The monoisotopic (exact) mass is 219 g/mol. The van der Waals surface area contributed by atoms with Crippen LogP contribution in [0, 0.1) is 18.3 Å². The Hall–Kier alpha value is -2.02. The van der Waals surface area contributed by atoms with Gasteiger partial charge in [-0.1, -0.05) is 6.07 Å². The highest BCUT2D eigenvalue weighted by Crippen LogP contribution is 2.18. The summed E-state index contributed by atoms with van der Waals surface area (Å²) in [6, 6.07) is 7.09. The molecule has 0 amide bonds. The molecule has 1 aromatic carbocycles. The van der Waals surface area contributed by atoms with E-state index in [0.29, 0.717) is 17.9 Å². The van der Waals surface area contributed by atoms with Crippen molar-refractivity contribution in [2.45, 2.75) is 13.8 Å². The molecular formula is C12H13NO3.